The summed E-state index contributed by atoms with van der Waals surface area (Å²) in [6.07, 6.45) is 3.83. The van der Waals surface area contributed by atoms with Crippen molar-refractivity contribution in [2.45, 2.75) is 47.1 Å². The van der Waals surface area contributed by atoms with Crippen molar-refractivity contribution in [3.8, 4) is 11.1 Å². The number of imidazole rings is 1. The summed E-state index contributed by atoms with van der Waals surface area (Å²) >= 11 is 0. The Morgan fingerprint density at radius 3 is 2.45 bits per heavy atom. The average Bonchev–Trinajstić information content (AvgIpc) is 2.99. The van der Waals surface area contributed by atoms with Gasteiger partial charge in [-0.2, -0.15) is 0 Å². The number of aromatic nitrogens is 3. The Balaban J connectivity index is 2.29. The number of aryl methyl sites for hydroxylation is 4. The number of benzene rings is 1. The van der Waals surface area contributed by atoms with E-state index in [-0.39, 0.29) is 11.3 Å². The summed E-state index contributed by atoms with van der Waals surface area (Å²) in [5, 5.41) is 0. The third kappa shape index (κ3) is 4.22. The summed E-state index contributed by atoms with van der Waals surface area (Å²) < 4.78 is 30.9. The van der Waals surface area contributed by atoms with E-state index in [9.17, 15) is 13.2 Å². The molecule has 0 bridgehead atoms. The summed E-state index contributed by atoms with van der Waals surface area (Å²) in [4.78, 5) is 16.7. The molecule has 2 aromatic heterocycles. The maximum atomic E-state index is 12.3. The van der Waals surface area contributed by atoms with Gasteiger partial charge in [-0.15, -0.1) is 0 Å². The third-order valence-corrected chi connectivity index (χ3v) is 6.41. The van der Waals surface area contributed by atoms with E-state index in [1.165, 1.54) is 0 Å². The molecule has 8 heteroatoms. The molecule has 0 aliphatic rings. The highest BCUT2D eigenvalue weighted by atomic mass is 32.2. The Kier molecular flexibility index (Phi) is 5.84. The highest BCUT2D eigenvalue weighted by Crippen LogP contribution is 2.32. The van der Waals surface area contributed by atoms with Gasteiger partial charge in [0, 0.05) is 25.4 Å². The van der Waals surface area contributed by atoms with Crippen LogP contribution in [0.3, 0.4) is 0 Å². The van der Waals surface area contributed by atoms with Gasteiger partial charge in [-0.3, -0.25) is 9.52 Å². The number of unbranched alkanes of at least 4 members (excludes halogenated alkanes) is 1. The van der Waals surface area contributed by atoms with Crippen molar-refractivity contribution in [3.63, 3.8) is 0 Å². The van der Waals surface area contributed by atoms with E-state index in [2.05, 4.69) is 21.2 Å². The van der Waals surface area contributed by atoms with Gasteiger partial charge >= 0.3 is 0 Å². The number of nitrogens with zero attached hydrogens (tertiary/aromatic N) is 3. The Hall–Kier alpha value is -2.61. The van der Waals surface area contributed by atoms with Crippen LogP contribution in [-0.4, -0.2) is 28.3 Å². The van der Waals surface area contributed by atoms with E-state index in [0.717, 1.165) is 41.9 Å². The summed E-state index contributed by atoms with van der Waals surface area (Å²) in [6.45, 7) is 8.26. The predicted octanol–water partition coefficient (Wildman–Crippen LogP) is 3.58. The minimum absolute atomic E-state index is 0.0206. The second kappa shape index (κ2) is 8.02. The standard InChI is InChI=1S/C21H28N4O3S/c1-6-8-9-25-15(4)22-20-18(23-29(27,28)7-2)11-16(12-19(20)25)17-10-14(3)21(26)24(5)13-17/h10-13,23H,6-9H2,1-5H3. The van der Waals surface area contributed by atoms with Gasteiger partial charge in [0.1, 0.15) is 11.3 Å². The molecular formula is C21H28N4O3S. The molecule has 0 amide bonds. The zero-order chi connectivity index (χ0) is 21.3. The van der Waals surface area contributed by atoms with Gasteiger partial charge in [-0.05, 0) is 56.5 Å². The zero-order valence-electron chi connectivity index (χ0n) is 17.6. The lowest BCUT2D eigenvalue weighted by molar-refractivity contribution is 0.602. The average molecular weight is 417 g/mol. The molecule has 0 saturated heterocycles. The van der Waals surface area contributed by atoms with Crippen LogP contribution in [0.15, 0.2) is 29.2 Å². The molecule has 7 nitrogen and oxygen atoms in total. The van der Waals surface area contributed by atoms with Crippen LogP contribution < -0.4 is 10.3 Å². The summed E-state index contributed by atoms with van der Waals surface area (Å²) in [7, 11) is -1.75. The molecule has 0 radical (unpaired) electrons. The zero-order valence-corrected chi connectivity index (χ0v) is 18.4. The molecule has 1 N–H and O–H groups in total. The number of sulfonamides is 1. The summed E-state index contributed by atoms with van der Waals surface area (Å²) in [6, 6.07) is 5.65. The number of pyridine rings is 1. The van der Waals surface area contributed by atoms with Crippen molar-refractivity contribution in [1.82, 2.24) is 14.1 Å². The van der Waals surface area contributed by atoms with E-state index >= 15 is 0 Å². The van der Waals surface area contributed by atoms with Crippen LogP contribution in [0.25, 0.3) is 22.2 Å². The van der Waals surface area contributed by atoms with Crippen LogP contribution in [-0.2, 0) is 23.6 Å². The fraction of sp³-hybridized carbons (Fsp3) is 0.429. The molecule has 0 spiro atoms. The molecule has 0 saturated carbocycles. The second-order valence-corrected chi connectivity index (χ2v) is 9.40. The SMILES string of the molecule is CCCCn1c(C)nc2c(NS(=O)(=O)CC)cc(-c3cc(C)c(=O)n(C)c3)cc21. The van der Waals surface area contributed by atoms with Crippen LogP contribution >= 0.6 is 0 Å². The maximum absolute atomic E-state index is 12.3. The Morgan fingerprint density at radius 1 is 1.10 bits per heavy atom. The van der Waals surface area contributed by atoms with E-state index in [0.29, 0.717) is 16.8 Å². The molecule has 0 fully saturated rings. The number of hydrogen-bond donors (Lipinski definition) is 1. The maximum Gasteiger partial charge on any atom is 0.253 e. The van der Waals surface area contributed by atoms with Crippen molar-refractivity contribution < 1.29 is 8.42 Å². The van der Waals surface area contributed by atoms with Crippen LogP contribution in [0.5, 0.6) is 0 Å². The lowest BCUT2D eigenvalue weighted by Gasteiger charge is -2.13. The van der Waals surface area contributed by atoms with Gasteiger partial charge in [0.25, 0.3) is 5.56 Å². The van der Waals surface area contributed by atoms with E-state index in [1.54, 1.807) is 37.7 Å². The number of nitrogens with one attached hydrogen (secondary N) is 1. The molecule has 0 atom stereocenters. The van der Waals surface area contributed by atoms with Crippen molar-refractivity contribution in [2.24, 2.45) is 7.05 Å². The van der Waals surface area contributed by atoms with Crippen molar-refractivity contribution >= 4 is 26.7 Å². The minimum atomic E-state index is -3.46. The molecule has 156 valence electrons. The van der Waals surface area contributed by atoms with Gasteiger partial charge in [0.15, 0.2) is 0 Å². The second-order valence-electron chi connectivity index (χ2n) is 7.39. The predicted molar refractivity (Wildman–Crippen MR) is 118 cm³/mol. The monoisotopic (exact) mass is 416 g/mol. The van der Waals surface area contributed by atoms with Gasteiger partial charge < -0.3 is 9.13 Å². The summed E-state index contributed by atoms with van der Waals surface area (Å²) in [5.41, 5.74) is 4.26. The van der Waals surface area contributed by atoms with Crippen LogP contribution in [0.4, 0.5) is 5.69 Å². The molecule has 1 aromatic carbocycles. The first-order chi connectivity index (χ1) is 13.7. The van der Waals surface area contributed by atoms with Crippen LogP contribution in [0, 0.1) is 13.8 Å². The minimum Gasteiger partial charge on any atom is -0.328 e. The molecular weight excluding hydrogens is 388 g/mol. The molecule has 2 heterocycles. The Morgan fingerprint density at radius 2 is 1.83 bits per heavy atom. The van der Waals surface area contributed by atoms with E-state index in [4.69, 9.17) is 0 Å². The molecule has 3 aromatic rings. The van der Waals surface area contributed by atoms with Crippen LogP contribution in [0.1, 0.15) is 38.1 Å². The molecule has 0 aliphatic carbocycles. The van der Waals surface area contributed by atoms with E-state index in [1.807, 2.05) is 19.1 Å². The molecule has 0 aliphatic heterocycles. The van der Waals surface area contributed by atoms with Gasteiger partial charge in [-0.25, -0.2) is 13.4 Å². The van der Waals surface area contributed by atoms with Gasteiger partial charge in [0.2, 0.25) is 10.0 Å². The third-order valence-electron chi connectivity index (χ3n) is 5.12. The normalized spacial score (nSPS) is 11.9. The van der Waals surface area contributed by atoms with Crippen molar-refractivity contribution in [3.05, 3.63) is 46.1 Å². The first-order valence-electron chi connectivity index (χ1n) is 9.85. The summed E-state index contributed by atoms with van der Waals surface area (Å²) in [5.74, 6) is 0.826. The fourth-order valence-corrected chi connectivity index (χ4v) is 4.09. The molecule has 0 unspecified atom stereocenters. The number of hydrogen-bond acceptors (Lipinski definition) is 4. The Labute approximate surface area is 171 Å². The topological polar surface area (TPSA) is 86.0 Å². The van der Waals surface area contributed by atoms with Gasteiger partial charge in [0.05, 0.1) is 17.0 Å². The lowest BCUT2D eigenvalue weighted by Crippen LogP contribution is -2.18. The Bertz CT molecular complexity index is 1200. The number of fused-ring (bicyclic) bond motifs is 1. The lowest BCUT2D eigenvalue weighted by atomic mass is 10.0. The van der Waals surface area contributed by atoms with E-state index < -0.39 is 10.0 Å². The number of rotatable bonds is 7. The highest BCUT2D eigenvalue weighted by Gasteiger charge is 2.17. The highest BCUT2D eigenvalue weighted by molar-refractivity contribution is 7.92. The van der Waals surface area contributed by atoms with Crippen molar-refractivity contribution in [1.29, 1.82) is 0 Å². The largest absolute Gasteiger partial charge is 0.328 e. The first-order valence-corrected chi connectivity index (χ1v) is 11.5. The van der Waals surface area contributed by atoms with Crippen molar-refractivity contribution in [2.75, 3.05) is 10.5 Å². The first kappa shape index (κ1) is 21.1. The number of anilines is 1. The molecule has 29 heavy (non-hydrogen) atoms. The van der Waals surface area contributed by atoms with Gasteiger partial charge in [-0.1, -0.05) is 13.3 Å². The smallest absolute Gasteiger partial charge is 0.253 e. The fourth-order valence-electron chi connectivity index (χ4n) is 3.46. The quantitative estimate of drug-likeness (QED) is 0.638. The van der Waals surface area contributed by atoms with Crippen LogP contribution in [0.2, 0.25) is 0 Å². The molecule has 3 rings (SSSR count).